The van der Waals surface area contributed by atoms with Crippen molar-refractivity contribution < 1.29 is 0 Å². The second kappa shape index (κ2) is 25.6. The SMILES string of the molecule is CC1(C)c2cc3ccccc3cc2-c2c(-c3cccc(-c4c5ccccc5c(-c5ccc(-c6cccc7ccccc67)cc5)c5ccccc45)c3)cccc21.CC1(C)c2cc3ccccc3cc2-c2c(-c3cccc(-c4c5ccccc5c(-c5cccc(-c6ccc7ccccc7c6)c5)c5ccccc45)c3)cccc21. The van der Waals surface area contributed by atoms with E-state index in [4.69, 9.17) is 0 Å². The Labute approximate surface area is 642 Å². The highest BCUT2D eigenvalue weighted by molar-refractivity contribution is 6.23. The fourth-order valence-corrected chi connectivity index (χ4v) is 19.1. The van der Waals surface area contributed by atoms with E-state index in [1.54, 1.807) is 0 Å². The molecule has 0 saturated heterocycles. The average molecular weight is 1400 g/mol. The molecule has 0 spiro atoms. The first-order chi connectivity index (χ1) is 54.1. The van der Waals surface area contributed by atoms with Crippen molar-refractivity contribution in [1.29, 1.82) is 0 Å². The van der Waals surface area contributed by atoms with Gasteiger partial charge in [0.25, 0.3) is 0 Å². The molecule has 0 amide bonds. The summed E-state index contributed by atoms with van der Waals surface area (Å²) in [5, 5.41) is 20.4. The standard InChI is InChI=1S/2C55H38/c1-55(2)50-27-13-26-44(54(50)49-33-38-15-3-4-16-39(38)34-51(49)55)40-18-11-19-41(32-40)53-47-23-9-7-21-45(47)52(46-22-8-10-24-48(46)53)37-30-28-36(29-31-37)43-25-12-17-35-14-5-6-20-42(35)43;1-55(2)50-27-13-26-44(54(50)49-33-38-16-5-6-17-39(38)34-51(49)55)41-19-12-21-43(32-41)53-47-24-9-7-22-45(47)52(46-23-8-10-25-48(46)53)42-20-11-18-37(31-42)40-29-28-35-14-3-4-15-36(35)30-40/h2*3-34H,1-2H3. The summed E-state index contributed by atoms with van der Waals surface area (Å²) in [6.07, 6.45) is 0. The van der Waals surface area contributed by atoms with E-state index in [9.17, 15) is 0 Å². The Kier molecular flexibility index (Phi) is 15.1. The van der Waals surface area contributed by atoms with Crippen LogP contribution in [-0.4, -0.2) is 0 Å². The second-order valence-electron chi connectivity index (χ2n) is 31.3. The first-order valence-corrected chi connectivity index (χ1v) is 38.7. The van der Waals surface area contributed by atoms with E-state index in [0.29, 0.717) is 0 Å². The lowest BCUT2D eigenvalue weighted by molar-refractivity contribution is 0.661. The lowest BCUT2D eigenvalue weighted by atomic mass is 9.81. The van der Waals surface area contributed by atoms with Crippen molar-refractivity contribution in [2.45, 2.75) is 38.5 Å². The quantitative estimate of drug-likeness (QED) is 0.133. The molecule has 0 unspecified atom stereocenters. The van der Waals surface area contributed by atoms with Crippen molar-refractivity contribution in [3.63, 3.8) is 0 Å². The van der Waals surface area contributed by atoms with Crippen LogP contribution in [0.4, 0.5) is 0 Å². The molecule has 0 N–H and O–H groups in total. The maximum absolute atomic E-state index is 2.43. The van der Waals surface area contributed by atoms with Crippen LogP contribution in [0.2, 0.25) is 0 Å². The highest BCUT2D eigenvalue weighted by Gasteiger charge is 2.39. The normalized spacial score (nSPS) is 13.1. The molecule has 22 rings (SSSR count). The molecule has 20 aromatic carbocycles. The van der Waals surface area contributed by atoms with Crippen LogP contribution < -0.4 is 0 Å². The predicted octanol–water partition coefficient (Wildman–Crippen LogP) is 30.5. The van der Waals surface area contributed by atoms with Crippen LogP contribution in [0.5, 0.6) is 0 Å². The van der Waals surface area contributed by atoms with Crippen LogP contribution in [0, 0.1) is 0 Å². The summed E-state index contributed by atoms with van der Waals surface area (Å²) in [4.78, 5) is 0. The molecule has 0 aliphatic heterocycles. The topological polar surface area (TPSA) is 0 Å². The van der Waals surface area contributed by atoms with Crippen molar-refractivity contribution in [1.82, 2.24) is 0 Å². The zero-order valence-corrected chi connectivity index (χ0v) is 62.0. The molecular formula is C110H76. The maximum atomic E-state index is 2.43. The van der Waals surface area contributed by atoms with Crippen molar-refractivity contribution in [2.75, 3.05) is 0 Å². The van der Waals surface area contributed by atoms with Crippen molar-refractivity contribution in [3.8, 4) is 111 Å². The fraction of sp³-hybridized carbons (Fsp3) is 0.0545. The molecule has 0 radical (unpaired) electrons. The van der Waals surface area contributed by atoms with Crippen LogP contribution in [0.1, 0.15) is 49.9 Å². The smallest absolute Gasteiger partial charge is 0.0159 e. The molecule has 2 aliphatic carbocycles. The molecule has 0 atom stereocenters. The largest absolute Gasteiger partial charge is 0.0616 e. The number of fused-ring (bicyclic) bond motifs is 14. The summed E-state index contributed by atoms with van der Waals surface area (Å²) in [7, 11) is 0. The van der Waals surface area contributed by atoms with E-state index in [2.05, 4.69) is 416 Å². The molecule has 0 fully saturated rings. The lowest BCUT2D eigenvalue weighted by Gasteiger charge is -2.22. The van der Waals surface area contributed by atoms with Crippen molar-refractivity contribution in [2.24, 2.45) is 0 Å². The summed E-state index contributed by atoms with van der Waals surface area (Å²) in [6, 6.07) is 144. The van der Waals surface area contributed by atoms with E-state index < -0.39 is 0 Å². The Morgan fingerprint density at radius 2 is 0.418 bits per heavy atom. The monoisotopic (exact) mass is 1400 g/mol. The Bertz CT molecular complexity index is 7080. The van der Waals surface area contributed by atoms with E-state index in [1.807, 2.05) is 0 Å². The van der Waals surface area contributed by atoms with Gasteiger partial charge in [0.2, 0.25) is 0 Å². The van der Waals surface area contributed by atoms with Crippen LogP contribution in [0.25, 0.3) is 197 Å². The second-order valence-corrected chi connectivity index (χ2v) is 31.3. The third kappa shape index (κ3) is 10.4. The Morgan fingerprint density at radius 3 is 0.855 bits per heavy atom. The number of hydrogen-bond donors (Lipinski definition) is 0. The third-order valence-electron chi connectivity index (χ3n) is 24.4. The van der Waals surface area contributed by atoms with Gasteiger partial charge in [-0.3, -0.25) is 0 Å². The number of rotatable bonds is 8. The molecule has 20 aromatic rings. The van der Waals surface area contributed by atoms with Gasteiger partial charge >= 0.3 is 0 Å². The van der Waals surface area contributed by atoms with Crippen molar-refractivity contribution in [3.05, 3.63) is 411 Å². The summed E-state index contributed by atoms with van der Waals surface area (Å²) in [5.74, 6) is 0. The van der Waals surface area contributed by atoms with Gasteiger partial charge < -0.3 is 0 Å². The van der Waals surface area contributed by atoms with Gasteiger partial charge in [0.15, 0.2) is 0 Å². The van der Waals surface area contributed by atoms with Gasteiger partial charge in [-0.2, -0.15) is 0 Å². The highest BCUT2D eigenvalue weighted by Crippen LogP contribution is 2.57. The number of hydrogen-bond acceptors (Lipinski definition) is 0. The molecular weight excluding hydrogens is 1320 g/mol. The van der Waals surface area contributed by atoms with E-state index in [-0.39, 0.29) is 10.8 Å². The first-order valence-electron chi connectivity index (χ1n) is 38.7. The van der Waals surface area contributed by atoms with E-state index >= 15 is 0 Å². The Balaban J connectivity index is 0.000000140. The minimum absolute atomic E-state index is 0.0857. The molecule has 0 heteroatoms. The fourth-order valence-electron chi connectivity index (χ4n) is 19.1. The van der Waals surface area contributed by atoms with Crippen molar-refractivity contribution >= 4 is 86.2 Å². The molecule has 0 saturated carbocycles. The molecule has 2 aliphatic rings. The molecule has 516 valence electrons. The first kappa shape index (κ1) is 64.8. The van der Waals surface area contributed by atoms with Gasteiger partial charge in [0.05, 0.1) is 0 Å². The lowest BCUT2D eigenvalue weighted by Crippen LogP contribution is -2.14. The number of benzene rings is 20. The van der Waals surface area contributed by atoms with Crippen LogP contribution in [0.3, 0.4) is 0 Å². The van der Waals surface area contributed by atoms with Gasteiger partial charge in [-0.1, -0.05) is 367 Å². The van der Waals surface area contributed by atoms with E-state index in [0.717, 1.165) is 0 Å². The average Bonchev–Trinajstić information content (AvgIpc) is 1.69. The summed E-state index contributed by atoms with van der Waals surface area (Å²) >= 11 is 0. The van der Waals surface area contributed by atoms with Gasteiger partial charge in [-0.05, 0) is 268 Å². The summed E-state index contributed by atoms with van der Waals surface area (Å²) in [6.45, 7) is 9.52. The van der Waals surface area contributed by atoms with Gasteiger partial charge in [0.1, 0.15) is 0 Å². The zero-order chi connectivity index (χ0) is 73.3. The minimum atomic E-state index is -0.0871. The van der Waals surface area contributed by atoms with Crippen LogP contribution in [-0.2, 0) is 10.8 Å². The molecule has 0 aromatic heterocycles. The Hall–Kier alpha value is -13.5. The Morgan fingerprint density at radius 1 is 0.136 bits per heavy atom. The van der Waals surface area contributed by atoms with Gasteiger partial charge in [-0.15, -0.1) is 0 Å². The van der Waals surface area contributed by atoms with Crippen LogP contribution >= 0.6 is 0 Å². The van der Waals surface area contributed by atoms with Crippen LogP contribution in [0.15, 0.2) is 388 Å². The van der Waals surface area contributed by atoms with Gasteiger partial charge in [0, 0.05) is 10.8 Å². The molecule has 0 nitrogen and oxygen atoms in total. The molecule has 0 bridgehead atoms. The summed E-state index contributed by atoms with van der Waals surface area (Å²) < 4.78 is 0. The third-order valence-corrected chi connectivity index (χ3v) is 24.4. The predicted molar refractivity (Wildman–Crippen MR) is 472 cm³/mol. The zero-order valence-electron chi connectivity index (χ0n) is 62.0. The molecule has 110 heavy (non-hydrogen) atoms. The highest BCUT2D eigenvalue weighted by atomic mass is 14.4. The molecule has 0 heterocycles. The summed E-state index contributed by atoms with van der Waals surface area (Å²) in [5.41, 5.74) is 30.9. The minimum Gasteiger partial charge on any atom is -0.0616 e. The van der Waals surface area contributed by atoms with E-state index in [1.165, 1.54) is 220 Å². The maximum Gasteiger partial charge on any atom is 0.0159 e. The van der Waals surface area contributed by atoms with Gasteiger partial charge in [-0.25, -0.2) is 0 Å².